The van der Waals surface area contributed by atoms with Crippen LogP contribution in [-0.4, -0.2) is 16.1 Å². The van der Waals surface area contributed by atoms with E-state index in [9.17, 15) is 10.1 Å². The average molecular weight is 446 g/mol. The van der Waals surface area contributed by atoms with Gasteiger partial charge >= 0.3 is 0 Å². The van der Waals surface area contributed by atoms with Gasteiger partial charge in [-0.15, -0.1) is 5.10 Å². The number of nitrogens with one attached hydrogen (secondary N) is 1. The van der Waals surface area contributed by atoms with E-state index >= 15 is 0 Å². The summed E-state index contributed by atoms with van der Waals surface area (Å²) in [6.45, 7) is 4.30. The van der Waals surface area contributed by atoms with E-state index < -0.39 is 5.41 Å². The number of aromatic nitrogens is 2. The SMILES string of the molecule is CC(C)c1[nH]nc2c1[C@]1(C(=O)N(Cc3ccc(Cl)cc3)c3ccccc31)C(C#N)=C(N)O2. The number of amides is 1. The summed E-state index contributed by atoms with van der Waals surface area (Å²) in [5, 5.41) is 18.1. The lowest BCUT2D eigenvalue weighted by atomic mass is 9.68. The first-order chi connectivity index (χ1) is 15.4. The van der Waals surface area contributed by atoms with Crippen molar-refractivity contribution in [2.24, 2.45) is 5.73 Å². The number of hydrogen-bond donors (Lipinski definition) is 2. The van der Waals surface area contributed by atoms with Crippen LogP contribution in [0.1, 0.15) is 42.1 Å². The number of aromatic amines is 1. The first-order valence-corrected chi connectivity index (χ1v) is 10.6. The summed E-state index contributed by atoms with van der Waals surface area (Å²) in [5.74, 6) is -0.141. The summed E-state index contributed by atoms with van der Waals surface area (Å²) < 4.78 is 5.69. The van der Waals surface area contributed by atoms with Crippen molar-refractivity contribution in [3.05, 3.63) is 87.4 Å². The third kappa shape index (κ3) is 2.60. The molecule has 7 nitrogen and oxygen atoms in total. The minimum atomic E-state index is -1.43. The molecular formula is C24H20ClN5O2. The van der Waals surface area contributed by atoms with Gasteiger partial charge in [-0.3, -0.25) is 9.89 Å². The molecule has 160 valence electrons. The molecule has 3 heterocycles. The largest absolute Gasteiger partial charge is 0.420 e. The predicted octanol–water partition coefficient (Wildman–Crippen LogP) is 4.11. The molecule has 0 bridgehead atoms. The molecule has 8 heteroatoms. The number of carbonyl (C=O) groups excluding carboxylic acids is 1. The Bertz CT molecular complexity index is 1320. The van der Waals surface area contributed by atoms with E-state index in [-0.39, 0.29) is 29.2 Å². The van der Waals surface area contributed by atoms with Gasteiger partial charge < -0.3 is 15.4 Å². The molecule has 2 aromatic carbocycles. The molecule has 0 aliphatic carbocycles. The second-order valence-electron chi connectivity index (χ2n) is 8.21. The average Bonchev–Trinajstić information content (AvgIpc) is 3.30. The Labute approximate surface area is 190 Å². The Kier molecular flexibility index (Phi) is 4.50. The predicted molar refractivity (Wildman–Crippen MR) is 120 cm³/mol. The molecule has 0 saturated heterocycles. The molecule has 2 aliphatic heterocycles. The van der Waals surface area contributed by atoms with Crippen molar-refractivity contribution in [1.82, 2.24) is 10.2 Å². The van der Waals surface area contributed by atoms with Crippen LogP contribution in [0.15, 0.2) is 60.0 Å². The maximum Gasteiger partial charge on any atom is 0.248 e. The van der Waals surface area contributed by atoms with E-state index in [1.165, 1.54) is 0 Å². The van der Waals surface area contributed by atoms with Gasteiger partial charge in [0.05, 0.1) is 12.1 Å². The number of halogens is 1. The topological polar surface area (TPSA) is 108 Å². The molecule has 3 N–H and O–H groups in total. The number of fused-ring (bicyclic) bond motifs is 4. The van der Waals surface area contributed by atoms with Crippen LogP contribution >= 0.6 is 11.6 Å². The number of benzene rings is 2. The van der Waals surface area contributed by atoms with Gasteiger partial charge in [-0.1, -0.05) is 55.8 Å². The molecule has 1 aromatic heterocycles. The van der Waals surface area contributed by atoms with Gasteiger partial charge in [0.2, 0.25) is 17.7 Å². The van der Waals surface area contributed by atoms with Crippen LogP contribution in [-0.2, 0) is 16.8 Å². The molecule has 3 aromatic rings. The van der Waals surface area contributed by atoms with Gasteiger partial charge in [0.1, 0.15) is 17.1 Å². The lowest BCUT2D eigenvalue weighted by Crippen LogP contribution is -2.46. The van der Waals surface area contributed by atoms with Gasteiger partial charge in [0.15, 0.2) is 0 Å². The molecule has 0 fully saturated rings. The molecule has 0 saturated carbocycles. The third-order valence-corrected chi connectivity index (χ3v) is 6.32. The van der Waals surface area contributed by atoms with Crippen LogP contribution in [0.25, 0.3) is 0 Å². The van der Waals surface area contributed by atoms with Crippen LogP contribution in [0.3, 0.4) is 0 Å². The summed E-state index contributed by atoms with van der Waals surface area (Å²) in [4.78, 5) is 16.0. The van der Waals surface area contributed by atoms with Crippen molar-refractivity contribution in [3.8, 4) is 11.9 Å². The molecule has 1 atom stereocenters. The molecule has 5 rings (SSSR count). The third-order valence-electron chi connectivity index (χ3n) is 6.07. The van der Waals surface area contributed by atoms with Gasteiger partial charge in [-0.25, -0.2) is 0 Å². The van der Waals surface area contributed by atoms with Crippen molar-refractivity contribution in [3.63, 3.8) is 0 Å². The van der Waals surface area contributed by atoms with E-state index in [0.717, 1.165) is 16.9 Å². The molecule has 2 aliphatic rings. The molecule has 32 heavy (non-hydrogen) atoms. The number of rotatable bonds is 3. The number of nitrogens with two attached hydrogens (primary N) is 1. The van der Waals surface area contributed by atoms with Gasteiger partial charge in [0, 0.05) is 22.0 Å². The summed E-state index contributed by atoms with van der Waals surface area (Å²) in [7, 11) is 0. The van der Waals surface area contributed by atoms with E-state index in [1.807, 2.05) is 50.2 Å². The van der Waals surface area contributed by atoms with Gasteiger partial charge in [0.25, 0.3) is 0 Å². The van der Waals surface area contributed by atoms with Crippen LogP contribution in [0.4, 0.5) is 5.69 Å². The minimum absolute atomic E-state index is 0.0104. The number of para-hydroxylation sites is 1. The fraction of sp³-hybridized carbons (Fsp3) is 0.208. The van der Waals surface area contributed by atoms with E-state index in [4.69, 9.17) is 22.1 Å². The highest BCUT2D eigenvalue weighted by Crippen LogP contribution is 2.56. The molecule has 0 unspecified atom stereocenters. The Balaban J connectivity index is 1.79. The second-order valence-corrected chi connectivity index (χ2v) is 8.65. The van der Waals surface area contributed by atoms with Crippen molar-refractivity contribution >= 4 is 23.2 Å². The van der Waals surface area contributed by atoms with Gasteiger partial charge in [-0.2, -0.15) is 5.26 Å². The fourth-order valence-corrected chi connectivity index (χ4v) is 4.79. The summed E-state index contributed by atoms with van der Waals surface area (Å²) in [6, 6.07) is 17.0. The zero-order valence-corrected chi connectivity index (χ0v) is 18.3. The first kappa shape index (κ1) is 20.2. The zero-order chi connectivity index (χ0) is 22.6. The summed E-state index contributed by atoms with van der Waals surface area (Å²) >= 11 is 6.04. The minimum Gasteiger partial charge on any atom is -0.420 e. The van der Waals surface area contributed by atoms with Crippen LogP contribution in [0.5, 0.6) is 5.88 Å². The summed E-state index contributed by atoms with van der Waals surface area (Å²) in [5.41, 5.74) is 8.42. The molecule has 0 radical (unpaired) electrons. The smallest absolute Gasteiger partial charge is 0.248 e. The summed E-state index contributed by atoms with van der Waals surface area (Å²) in [6.07, 6.45) is 0. The lowest BCUT2D eigenvalue weighted by molar-refractivity contribution is -0.121. The van der Waals surface area contributed by atoms with Crippen molar-refractivity contribution in [2.75, 3.05) is 4.90 Å². The Morgan fingerprint density at radius 3 is 2.66 bits per heavy atom. The van der Waals surface area contributed by atoms with Crippen molar-refractivity contribution in [1.29, 1.82) is 5.26 Å². The number of ether oxygens (including phenoxy) is 1. The first-order valence-electron chi connectivity index (χ1n) is 10.2. The van der Waals surface area contributed by atoms with E-state index in [1.54, 1.807) is 17.0 Å². The Hall–Kier alpha value is -3.76. The number of hydrogen-bond acceptors (Lipinski definition) is 5. The van der Waals surface area contributed by atoms with Crippen molar-refractivity contribution < 1.29 is 9.53 Å². The monoisotopic (exact) mass is 445 g/mol. The maximum atomic E-state index is 14.3. The van der Waals surface area contributed by atoms with Crippen LogP contribution in [0.2, 0.25) is 5.02 Å². The normalized spacial score (nSPS) is 19.2. The number of nitrogens with zero attached hydrogens (tertiary/aromatic N) is 3. The highest BCUT2D eigenvalue weighted by atomic mass is 35.5. The standard InChI is InChI=1S/C24H20ClN5O2/c1-13(2)20-19-22(29-28-20)32-21(27)17(11-26)24(19)16-5-3-4-6-18(16)30(23(24)31)12-14-7-9-15(25)10-8-14/h3-10,13H,12,27H2,1-2H3,(H,28,29)/t24-/m1/s1. The molecule has 1 spiro atoms. The lowest BCUT2D eigenvalue weighted by Gasteiger charge is -2.33. The molecular weight excluding hydrogens is 426 g/mol. The second kappa shape index (κ2) is 7.14. The highest BCUT2D eigenvalue weighted by Gasteiger charge is 2.61. The van der Waals surface area contributed by atoms with Gasteiger partial charge in [-0.05, 0) is 29.7 Å². The van der Waals surface area contributed by atoms with Crippen molar-refractivity contribution in [2.45, 2.75) is 31.7 Å². The quantitative estimate of drug-likeness (QED) is 0.630. The number of H-pyrrole nitrogens is 1. The van der Waals surface area contributed by atoms with E-state index in [2.05, 4.69) is 16.3 Å². The van der Waals surface area contributed by atoms with Crippen LogP contribution in [0, 0.1) is 11.3 Å². The molecule has 1 amide bonds. The number of nitriles is 1. The van der Waals surface area contributed by atoms with E-state index in [0.29, 0.717) is 22.7 Å². The van der Waals surface area contributed by atoms with Crippen LogP contribution < -0.4 is 15.4 Å². The maximum absolute atomic E-state index is 14.3. The number of anilines is 1. The highest BCUT2D eigenvalue weighted by molar-refractivity contribution is 6.30. The fourth-order valence-electron chi connectivity index (χ4n) is 4.66. The number of carbonyl (C=O) groups is 1. The zero-order valence-electron chi connectivity index (χ0n) is 17.5. The Morgan fingerprint density at radius 2 is 1.97 bits per heavy atom. The Morgan fingerprint density at radius 1 is 1.25 bits per heavy atom.